The first-order chi connectivity index (χ1) is 9.91. The van der Waals surface area contributed by atoms with E-state index in [-0.39, 0.29) is 30.0 Å². The molecule has 1 N–H and O–H groups in total. The molecule has 4 nitrogen and oxygen atoms in total. The van der Waals surface area contributed by atoms with Gasteiger partial charge in [0.25, 0.3) is 0 Å². The lowest BCUT2D eigenvalue weighted by atomic mass is 10.1. The summed E-state index contributed by atoms with van der Waals surface area (Å²) in [5.74, 6) is -1.76. The highest BCUT2D eigenvalue weighted by molar-refractivity contribution is 6.31. The largest absolute Gasteiger partial charge is 0.481 e. The predicted molar refractivity (Wildman–Crippen MR) is 76.8 cm³/mol. The third kappa shape index (κ3) is 3.73. The number of benzene rings is 1. The second-order valence-electron chi connectivity index (χ2n) is 5.34. The Hall–Kier alpha value is -1.62. The minimum absolute atomic E-state index is 0.0326. The molecule has 2 atom stereocenters. The first kappa shape index (κ1) is 15.8. The van der Waals surface area contributed by atoms with Crippen molar-refractivity contribution in [2.75, 3.05) is 13.6 Å². The summed E-state index contributed by atoms with van der Waals surface area (Å²) < 4.78 is 13.8. The van der Waals surface area contributed by atoms with Crippen LogP contribution in [0.5, 0.6) is 0 Å². The molecule has 0 radical (unpaired) electrons. The second kappa shape index (κ2) is 6.43. The molecule has 1 aliphatic carbocycles. The van der Waals surface area contributed by atoms with Gasteiger partial charge in [0.05, 0.1) is 0 Å². The SMILES string of the molecule is CN(CCCC(=O)O)C(=O)[C@@H]1C[C@@H]1c1c(F)cccc1Cl. The Bertz CT molecular complexity index is 544. The Morgan fingerprint density at radius 3 is 2.81 bits per heavy atom. The van der Waals surface area contributed by atoms with Gasteiger partial charge in [-0.25, -0.2) is 4.39 Å². The average Bonchev–Trinajstić information content (AvgIpc) is 3.17. The van der Waals surface area contributed by atoms with E-state index in [4.69, 9.17) is 16.7 Å². The van der Waals surface area contributed by atoms with Gasteiger partial charge in [-0.1, -0.05) is 17.7 Å². The summed E-state index contributed by atoms with van der Waals surface area (Å²) in [6.45, 7) is 0.388. The fourth-order valence-corrected chi connectivity index (χ4v) is 2.82. The number of aliphatic carboxylic acids is 1. The van der Waals surface area contributed by atoms with Crippen LogP contribution in [0, 0.1) is 11.7 Å². The molecule has 1 fully saturated rings. The molecule has 0 aromatic heterocycles. The zero-order valence-electron chi connectivity index (χ0n) is 11.7. The number of hydrogen-bond donors (Lipinski definition) is 1. The van der Waals surface area contributed by atoms with Crippen LogP contribution < -0.4 is 0 Å². The van der Waals surface area contributed by atoms with Gasteiger partial charge in [-0.2, -0.15) is 0 Å². The number of nitrogens with zero attached hydrogens (tertiary/aromatic N) is 1. The Balaban J connectivity index is 1.93. The number of rotatable bonds is 6. The van der Waals surface area contributed by atoms with E-state index in [0.29, 0.717) is 30.0 Å². The molecule has 1 aliphatic rings. The van der Waals surface area contributed by atoms with Gasteiger partial charge >= 0.3 is 5.97 Å². The minimum Gasteiger partial charge on any atom is -0.481 e. The van der Waals surface area contributed by atoms with Crippen LogP contribution in [0.2, 0.25) is 5.02 Å². The maximum Gasteiger partial charge on any atom is 0.303 e. The Labute approximate surface area is 127 Å². The smallest absolute Gasteiger partial charge is 0.303 e. The molecule has 114 valence electrons. The molecule has 21 heavy (non-hydrogen) atoms. The summed E-state index contributed by atoms with van der Waals surface area (Å²) in [5.41, 5.74) is 0.413. The highest BCUT2D eigenvalue weighted by atomic mass is 35.5. The number of carboxylic acid groups (broad SMARTS) is 1. The van der Waals surface area contributed by atoms with Crippen LogP contribution >= 0.6 is 11.6 Å². The number of hydrogen-bond acceptors (Lipinski definition) is 2. The molecule has 1 saturated carbocycles. The van der Waals surface area contributed by atoms with Crippen molar-refractivity contribution in [3.63, 3.8) is 0 Å². The maximum atomic E-state index is 13.8. The molecule has 1 aromatic carbocycles. The summed E-state index contributed by atoms with van der Waals surface area (Å²) in [4.78, 5) is 24.2. The fourth-order valence-electron chi connectivity index (χ4n) is 2.51. The lowest BCUT2D eigenvalue weighted by molar-refractivity contribution is -0.138. The molecular formula is C15H17ClFNO3. The Morgan fingerprint density at radius 2 is 2.19 bits per heavy atom. The first-order valence-corrected chi connectivity index (χ1v) is 7.20. The van der Waals surface area contributed by atoms with Gasteiger partial charge in [0.1, 0.15) is 5.82 Å². The van der Waals surface area contributed by atoms with Crippen molar-refractivity contribution in [2.24, 2.45) is 5.92 Å². The van der Waals surface area contributed by atoms with Crippen LogP contribution in [0.15, 0.2) is 18.2 Å². The van der Waals surface area contributed by atoms with Crippen LogP contribution in [0.1, 0.15) is 30.7 Å². The van der Waals surface area contributed by atoms with E-state index in [1.807, 2.05) is 0 Å². The van der Waals surface area contributed by atoms with Crippen molar-refractivity contribution in [1.29, 1.82) is 0 Å². The topological polar surface area (TPSA) is 57.6 Å². The first-order valence-electron chi connectivity index (χ1n) is 6.82. The molecule has 0 unspecified atom stereocenters. The maximum absolute atomic E-state index is 13.8. The van der Waals surface area contributed by atoms with Crippen molar-refractivity contribution < 1.29 is 19.1 Å². The van der Waals surface area contributed by atoms with E-state index in [2.05, 4.69) is 0 Å². The molecule has 0 heterocycles. The molecule has 0 bridgehead atoms. The molecule has 0 aliphatic heterocycles. The van der Waals surface area contributed by atoms with E-state index in [0.717, 1.165) is 0 Å². The van der Waals surface area contributed by atoms with Crippen molar-refractivity contribution in [3.05, 3.63) is 34.6 Å². The number of carbonyl (C=O) groups is 2. The Kier molecular flexibility index (Phi) is 4.83. The van der Waals surface area contributed by atoms with Crippen LogP contribution in [0.3, 0.4) is 0 Å². The summed E-state index contributed by atoms with van der Waals surface area (Å²) in [7, 11) is 1.64. The summed E-state index contributed by atoms with van der Waals surface area (Å²) in [6.07, 6.45) is 1.03. The number of halogens is 2. The quantitative estimate of drug-likeness (QED) is 0.878. The lowest BCUT2D eigenvalue weighted by Crippen LogP contribution is -2.29. The lowest BCUT2D eigenvalue weighted by Gasteiger charge is -2.17. The standard InChI is InChI=1S/C15H17ClFNO3/c1-18(7-3-6-13(19)20)15(21)10-8-9(10)14-11(16)4-2-5-12(14)17/h2,4-5,9-10H,3,6-8H2,1H3,(H,19,20)/t9-,10+/m0/s1. The summed E-state index contributed by atoms with van der Waals surface area (Å²) in [5, 5.41) is 8.93. The molecule has 0 spiro atoms. The van der Waals surface area contributed by atoms with Gasteiger partial charge < -0.3 is 10.0 Å². The third-order valence-corrected chi connectivity index (χ3v) is 4.07. The zero-order valence-corrected chi connectivity index (χ0v) is 12.4. The van der Waals surface area contributed by atoms with Crippen molar-refractivity contribution >= 4 is 23.5 Å². The van der Waals surface area contributed by atoms with E-state index < -0.39 is 5.97 Å². The fraction of sp³-hybridized carbons (Fsp3) is 0.467. The van der Waals surface area contributed by atoms with Crippen LogP contribution in [-0.2, 0) is 9.59 Å². The molecule has 0 saturated heterocycles. The van der Waals surface area contributed by atoms with Crippen LogP contribution in [0.4, 0.5) is 4.39 Å². The monoisotopic (exact) mass is 313 g/mol. The number of carboxylic acids is 1. The highest BCUT2D eigenvalue weighted by Crippen LogP contribution is 2.51. The average molecular weight is 314 g/mol. The van der Waals surface area contributed by atoms with E-state index in [1.165, 1.54) is 11.0 Å². The van der Waals surface area contributed by atoms with Crippen LogP contribution in [0.25, 0.3) is 0 Å². The summed E-state index contributed by atoms with van der Waals surface area (Å²) in [6, 6.07) is 4.51. The third-order valence-electron chi connectivity index (χ3n) is 3.74. The van der Waals surface area contributed by atoms with Gasteiger partial charge in [-0.3, -0.25) is 9.59 Å². The van der Waals surface area contributed by atoms with Crippen molar-refractivity contribution in [1.82, 2.24) is 4.90 Å². The minimum atomic E-state index is -0.877. The normalized spacial score (nSPS) is 20.1. The number of carbonyl (C=O) groups excluding carboxylic acids is 1. The van der Waals surface area contributed by atoms with Gasteiger partial charge in [0, 0.05) is 42.4 Å². The zero-order chi connectivity index (χ0) is 15.6. The molecule has 1 aromatic rings. The van der Waals surface area contributed by atoms with Crippen molar-refractivity contribution in [2.45, 2.75) is 25.2 Å². The van der Waals surface area contributed by atoms with Gasteiger partial charge in [0.2, 0.25) is 5.91 Å². The Morgan fingerprint density at radius 1 is 1.48 bits per heavy atom. The van der Waals surface area contributed by atoms with Gasteiger partial charge in [0.15, 0.2) is 0 Å². The number of amides is 1. The molecule has 2 rings (SSSR count). The van der Waals surface area contributed by atoms with Gasteiger partial charge in [-0.15, -0.1) is 0 Å². The second-order valence-corrected chi connectivity index (χ2v) is 5.75. The molecule has 6 heteroatoms. The molecule has 1 amide bonds. The van der Waals surface area contributed by atoms with E-state index in [9.17, 15) is 14.0 Å². The van der Waals surface area contributed by atoms with Crippen LogP contribution in [-0.4, -0.2) is 35.5 Å². The highest BCUT2D eigenvalue weighted by Gasteiger charge is 2.47. The van der Waals surface area contributed by atoms with Crippen molar-refractivity contribution in [3.8, 4) is 0 Å². The van der Waals surface area contributed by atoms with E-state index >= 15 is 0 Å². The molecular weight excluding hydrogens is 297 g/mol. The summed E-state index contributed by atoms with van der Waals surface area (Å²) >= 11 is 6.00. The van der Waals surface area contributed by atoms with E-state index in [1.54, 1.807) is 19.2 Å². The van der Waals surface area contributed by atoms with Gasteiger partial charge in [-0.05, 0) is 25.0 Å². The predicted octanol–water partition coefficient (Wildman–Crippen LogP) is 2.91.